The molecule has 3 aromatic rings. The Kier molecular flexibility index (Phi) is 7.90. The van der Waals surface area contributed by atoms with Crippen LogP contribution in [0.2, 0.25) is 5.02 Å². The van der Waals surface area contributed by atoms with E-state index in [2.05, 4.69) is 15.0 Å². The first-order valence-corrected chi connectivity index (χ1v) is 13.1. The molecule has 10 heteroatoms. The minimum atomic E-state index is -3.82. The zero-order valence-electron chi connectivity index (χ0n) is 16.0. The second-order valence-corrected chi connectivity index (χ2v) is 10.3. The predicted octanol–water partition coefficient (Wildman–Crippen LogP) is 4.50. The van der Waals surface area contributed by atoms with Gasteiger partial charge in [0.15, 0.2) is 5.13 Å². The van der Waals surface area contributed by atoms with Crippen molar-refractivity contribution in [3.8, 4) is 11.3 Å². The average molecular weight is 482 g/mol. The summed E-state index contributed by atoms with van der Waals surface area (Å²) in [6.45, 7) is 0. The van der Waals surface area contributed by atoms with Crippen molar-refractivity contribution < 1.29 is 13.2 Å². The number of thioether (sulfide) groups is 1. The first-order valence-electron chi connectivity index (χ1n) is 8.97. The number of carbonyl (C=O) groups is 1. The largest absolute Gasteiger partial charge is 0.301 e. The van der Waals surface area contributed by atoms with Gasteiger partial charge in [0.05, 0.1) is 10.6 Å². The van der Waals surface area contributed by atoms with Crippen LogP contribution in [0.4, 0.5) is 5.13 Å². The molecule has 0 aliphatic rings. The maximum Gasteiger partial charge on any atom is 0.244 e. The van der Waals surface area contributed by atoms with Crippen LogP contribution in [0.1, 0.15) is 6.42 Å². The molecule has 30 heavy (non-hydrogen) atoms. The van der Waals surface area contributed by atoms with E-state index in [1.807, 2.05) is 23.8 Å². The van der Waals surface area contributed by atoms with Gasteiger partial charge in [-0.2, -0.15) is 16.5 Å². The van der Waals surface area contributed by atoms with Gasteiger partial charge in [0, 0.05) is 16.0 Å². The number of carbonyl (C=O) groups excluding carboxylic acids is 1. The summed E-state index contributed by atoms with van der Waals surface area (Å²) in [4.78, 5) is 17.4. The fraction of sp³-hybridized carbons (Fsp3) is 0.200. The van der Waals surface area contributed by atoms with Gasteiger partial charge < -0.3 is 5.32 Å². The summed E-state index contributed by atoms with van der Waals surface area (Å²) in [6, 6.07) is 14.3. The van der Waals surface area contributed by atoms with E-state index in [-0.39, 0.29) is 4.90 Å². The number of rotatable bonds is 9. The van der Waals surface area contributed by atoms with Crippen molar-refractivity contribution in [2.75, 3.05) is 17.3 Å². The molecule has 158 valence electrons. The van der Waals surface area contributed by atoms with Gasteiger partial charge in [-0.25, -0.2) is 13.4 Å². The van der Waals surface area contributed by atoms with Crippen LogP contribution in [0.15, 0.2) is 64.9 Å². The van der Waals surface area contributed by atoms with Gasteiger partial charge in [0.25, 0.3) is 0 Å². The van der Waals surface area contributed by atoms with E-state index in [9.17, 15) is 13.2 Å². The zero-order chi connectivity index (χ0) is 21.6. The predicted molar refractivity (Wildman–Crippen MR) is 125 cm³/mol. The molecule has 0 fully saturated rings. The number of nitrogens with one attached hydrogen (secondary N) is 2. The molecular formula is C20H20ClN3O3S3. The molecule has 1 aromatic heterocycles. The second-order valence-electron chi connectivity index (χ2n) is 6.30. The standard InChI is InChI=1S/C20H20ClN3O3S3/c1-28-12-11-17(24-30(26,27)16-5-3-2-4-6-16)19(25)23-20-22-18(13-29-20)14-7-9-15(21)10-8-14/h2-10,13,17,24H,11-12H2,1H3,(H,22,23,25). The lowest BCUT2D eigenvalue weighted by Crippen LogP contribution is -2.44. The van der Waals surface area contributed by atoms with Gasteiger partial charge in [0.2, 0.25) is 15.9 Å². The van der Waals surface area contributed by atoms with Crippen LogP contribution in [0.25, 0.3) is 11.3 Å². The smallest absolute Gasteiger partial charge is 0.244 e. The van der Waals surface area contributed by atoms with Crippen molar-refractivity contribution in [2.24, 2.45) is 0 Å². The van der Waals surface area contributed by atoms with E-state index < -0.39 is 22.0 Å². The quantitative estimate of drug-likeness (QED) is 0.469. The highest BCUT2D eigenvalue weighted by molar-refractivity contribution is 7.98. The third-order valence-corrected chi connectivity index (χ3v) is 7.29. The maximum absolute atomic E-state index is 12.8. The van der Waals surface area contributed by atoms with E-state index in [1.165, 1.54) is 35.2 Å². The summed E-state index contributed by atoms with van der Waals surface area (Å²) in [5.74, 6) is 0.184. The number of aromatic nitrogens is 1. The topological polar surface area (TPSA) is 88.2 Å². The van der Waals surface area contributed by atoms with Crippen molar-refractivity contribution in [1.29, 1.82) is 0 Å². The number of halogens is 1. The zero-order valence-corrected chi connectivity index (χ0v) is 19.2. The number of benzene rings is 2. The lowest BCUT2D eigenvalue weighted by atomic mass is 10.2. The lowest BCUT2D eigenvalue weighted by Gasteiger charge is -2.17. The molecule has 2 N–H and O–H groups in total. The van der Waals surface area contributed by atoms with E-state index in [0.717, 1.165) is 5.56 Å². The van der Waals surface area contributed by atoms with Crippen LogP contribution >= 0.6 is 34.7 Å². The molecule has 1 atom stereocenters. The summed E-state index contributed by atoms with van der Waals surface area (Å²) in [5, 5.41) is 5.59. The number of hydrogen-bond donors (Lipinski definition) is 2. The second kappa shape index (κ2) is 10.4. The SMILES string of the molecule is CSCCC(NS(=O)(=O)c1ccccc1)C(=O)Nc1nc(-c2ccc(Cl)cc2)cs1. The van der Waals surface area contributed by atoms with Crippen LogP contribution in [-0.2, 0) is 14.8 Å². The van der Waals surface area contributed by atoms with Gasteiger partial charge in [0.1, 0.15) is 6.04 Å². The van der Waals surface area contributed by atoms with Crippen molar-refractivity contribution in [2.45, 2.75) is 17.4 Å². The normalized spacial score (nSPS) is 12.5. The minimum absolute atomic E-state index is 0.117. The first-order chi connectivity index (χ1) is 14.4. The lowest BCUT2D eigenvalue weighted by molar-refractivity contribution is -0.117. The monoisotopic (exact) mass is 481 g/mol. The highest BCUT2D eigenvalue weighted by Gasteiger charge is 2.26. The average Bonchev–Trinajstić information content (AvgIpc) is 3.20. The van der Waals surface area contributed by atoms with Gasteiger partial charge in [-0.3, -0.25) is 4.79 Å². The minimum Gasteiger partial charge on any atom is -0.301 e. The Balaban J connectivity index is 1.73. The Morgan fingerprint density at radius 1 is 1.17 bits per heavy atom. The Bertz CT molecular complexity index is 1090. The van der Waals surface area contributed by atoms with E-state index in [1.54, 1.807) is 30.3 Å². The Hall–Kier alpha value is -1.91. The fourth-order valence-electron chi connectivity index (χ4n) is 2.61. The van der Waals surface area contributed by atoms with E-state index in [0.29, 0.717) is 28.0 Å². The summed E-state index contributed by atoms with van der Waals surface area (Å²) in [6.07, 6.45) is 2.26. The van der Waals surface area contributed by atoms with Crippen molar-refractivity contribution >= 4 is 55.8 Å². The third kappa shape index (κ3) is 6.05. The molecule has 1 amide bonds. The van der Waals surface area contributed by atoms with Crippen LogP contribution in [0.5, 0.6) is 0 Å². The number of nitrogens with zero attached hydrogens (tertiary/aromatic N) is 1. The van der Waals surface area contributed by atoms with Crippen molar-refractivity contribution in [3.63, 3.8) is 0 Å². The number of amides is 1. The van der Waals surface area contributed by atoms with Gasteiger partial charge in [-0.1, -0.05) is 41.9 Å². The highest BCUT2D eigenvalue weighted by atomic mass is 35.5. The van der Waals surface area contributed by atoms with Crippen LogP contribution in [-0.4, -0.2) is 37.4 Å². The Morgan fingerprint density at radius 3 is 2.53 bits per heavy atom. The molecule has 0 saturated carbocycles. The van der Waals surface area contributed by atoms with Gasteiger partial charge in [-0.05, 0) is 42.7 Å². The third-order valence-electron chi connectivity index (χ3n) is 4.15. The maximum atomic E-state index is 12.8. The molecule has 1 heterocycles. The molecule has 2 aromatic carbocycles. The summed E-state index contributed by atoms with van der Waals surface area (Å²) < 4.78 is 27.8. The summed E-state index contributed by atoms with van der Waals surface area (Å²) in [5.41, 5.74) is 1.58. The molecule has 0 aliphatic carbocycles. The number of sulfonamides is 1. The molecule has 0 saturated heterocycles. The Labute approximate surface area is 189 Å². The first kappa shape index (κ1) is 22.8. The van der Waals surface area contributed by atoms with Crippen molar-refractivity contribution in [3.05, 3.63) is 65.0 Å². The number of hydrogen-bond acceptors (Lipinski definition) is 6. The molecule has 3 rings (SSSR count). The molecule has 0 radical (unpaired) electrons. The Morgan fingerprint density at radius 2 is 1.87 bits per heavy atom. The van der Waals surface area contributed by atoms with Crippen LogP contribution in [0.3, 0.4) is 0 Å². The summed E-state index contributed by atoms with van der Waals surface area (Å²) in [7, 11) is -3.82. The molecule has 1 unspecified atom stereocenters. The summed E-state index contributed by atoms with van der Waals surface area (Å²) >= 11 is 8.73. The van der Waals surface area contributed by atoms with Crippen LogP contribution in [0, 0.1) is 0 Å². The van der Waals surface area contributed by atoms with Crippen LogP contribution < -0.4 is 10.0 Å². The highest BCUT2D eigenvalue weighted by Crippen LogP contribution is 2.26. The van der Waals surface area contributed by atoms with Gasteiger partial charge >= 0.3 is 0 Å². The molecule has 6 nitrogen and oxygen atoms in total. The molecule has 0 spiro atoms. The molecular weight excluding hydrogens is 462 g/mol. The molecule has 0 bridgehead atoms. The number of anilines is 1. The fourth-order valence-corrected chi connectivity index (χ4v) is 5.18. The van der Waals surface area contributed by atoms with Gasteiger partial charge in [-0.15, -0.1) is 11.3 Å². The van der Waals surface area contributed by atoms with Crippen molar-refractivity contribution in [1.82, 2.24) is 9.71 Å². The molecule has 0 aliphatic heterocycles. The van der Waals surface area contributed by atoms with E-state index in [4.69, 9.17) is 11.6 Å². The number of thiazole rings is 1. The van der Waals surface area contributed by atoms with E-state index >= 15 is 0 Å².